The van der Waals surface area contributed by atoms with Gasteiger partial charge < -0.3 is 9.64 Å². The lowest BCUT2D eigenvalue weighted by Gasteiger charge is -2.34. The summed E-state index contributed by atoms with van der Waals surface area (Å²) < 4.78 is 7.42. The fourth-order valence-corrected chi connectivity index (χ4v) is 3.01. The SMILES string of the molecule is C[C@H]1CN(Cc2cc(=O)n3ccccc3n2)c2ccccc2O1. The molecule has 3 heterocycles. The predicted octanol–water partition coefficient (Wildman–Crippen LogP) is 2.48. The van der Waals surface area contributed by atoms with E-state index in [-0.39, 0.29) is 11.7 Å². The Labute approximate surface area is 133 Å². The number of aromatic nitrogens is 2. The molecule has 0 saturated heterocycles. The van der Waals surface area contributed by atoms with Crippen molar-refractivity contribution in [1.82, 2.24) is 9.38 Å². The van der Waals surface area contributed by atoms with E-state index in [0.29, 0.717) is 12.2 Å². The largest absolute Gasteiger partial charge is 0.487 e. The maximum absolute atomic E-state index is 12.2. The van der Waals surface area contributed by atoms with Gasteiger partial charge in [-0.2, -0.15) is 0 Å². The van der Waals surface area contributed by atoms with Crippen molar-refractivity contribution < 1.29 is 4.74 Å². The van der Waals surface area contributed by atoms with Crippen LogP contribution in [0.4, 0.5) is 5.69 Å². The average molecular weight is 307 g/mol. The van der Waals surface area contributed by atoms with Crippen molar-refractivity contribution in [2.24, 2.45) is 0 Å². The molecule has 0 saturated carbocycles. The van der Waals surface area contributed by atoms with E-state index in [1.54, 1.807) is 16.7 Å². The molecular formula is C18H17N3O2. The first-order valence-corrected chi connectivity index (χ1v) is 7.69. The summed E-state index contributed by atoms with van der Waals surface area (Å²) in [4.78, 5) is 19.1. The third-order valence-corrected chi connectivity index (χ3v) is 3.99. The Hall–Kier alpha value is -2.82. The van der Waals surface area contributed by atoms with E-state index in [1.807, 2.05) is 49.4 Å². The maximum Gasteiger partial charge on any atom is 0.258 e. The smallest absolute Gasteiger partial charge is 0.258 e. The van der Waals surface area contributed by atoms with Crippen LogP contribution in [0, 0.1) is 0 Å². The van der Waals surface area contributed by atoms with Crippen molar-refractivity contribution >= 4 is 11.3 Å². The van der Waals surface area contributed by atoms with Crippen LogP contribution < -0.4 is 15.2 Å². The Balaban J connectivity index is 1.72. The number of hydrogen-bond donors (Lipinski definition) is 0. The molecule has 0 N–H and O–H groups in total. The zero-order chi connectivity index (χ0) is 15.8. The minimum Gasteiger partial charge on any atom is -0.487 e. The number of hydrogen-bond acceptors (Lipinski definition) is 4. The highest BCUT2D eigenvalue weighted by Gasteiger charge is 2.23. The Morgan fingerprint density at radius 2 is 2.04 bits per heavy atom. The molecule has 3 aromatic rings. The lowest BCUT2D eigenvalue weighted by atomic mass is 10.2. The lowest BCUT2D eigenvalue weighted by molar-refractivity contribution is 0.212. The molecule has 1 aromatic carbocycles. The van der Waals surface area contributed by atoms with Gasteiger partial charge in [-0.3, -0.25) is 9.20 Å². The topological polar surface area (TPSA) is 46.8 Å². The maximum atomic E-state index is 12.2. The zero-order valence-electron chi connectivity index (χ0n) is 12.8. The van der Waals surface area contributed by atoms with Gasteiger partial charge in [-0.25, -0.2) is 4.98 Å². The van der Waals surface area contributed by atoms with E-state index in [9.17, 15) is 4.79 Å². The molecule has 2 aromatic heterocycles. The van der Waals surface area contributed by atoms with E-state index >= 15 is 0 Å². The van der Waals surface area contributed by atoms with Crippen molar-refractivity contribution in [3.05, 3.63) is 70.8 Å². The third-order valence-electron chi connectivity index (χ3n) is 3.99. The van der Waals surface area contributed by atoms with E-state index < -0.39 is 0 Å². The van der Waals surface area contributed by atoms with Gasteiger partial charge in [0.1, 0.15) is 17.5 Å². The van der Waals surface area contributed by atoms with Gasteiger partial charge in [-0.1, -0.05) is 18.2 Å². The Morgan fingerprint density at radius 3 is 2.96 bits per heavy atom. The Bertz CT molecular complexity index is 919. The second kappa shape index (κ2) is 5.43. The number of fused-ring (bicyclic) bond motifs is 2. The summed E-state index contributed by atoms with van der Waals surface area (Å²) >= 11 is 0. The van der Waals surface area contributed by atoms with E-state index in [2.05, 4.69) is 9.88 Å². The normalized spacial score (nSPS) is 16.9. The molecule has 1 aliphatic heterocycles. The van der Waals surface area contributed by atoms with Gasteiger partial charge in [0.25, 0.3) is 5.56 Å². The zero-order valence-corrected chi connectivity index (χ0v) is 12.8. The highest BCUT2D eigenvalue weighted by Crippen LogP contribution is 2.33. The summed E-state index contributed by atoms with van der Waals surface area (Å²) in [7, 11) is 0. The van der Waals surface area contributed by atoms with Crippen LogP contribution in [0.1, 0.15) is 12.6 Å². The number of ether oxygens (including phenoxy) is 1. The second-order valence-electron chi connectivity index (χ2n) is 5.79. The van der Waals surface area contributed by atoms with Gasteiger partial charge in [0.2, 0.25) is 0 Å². The summed E-state index contributed by atoms with van der Waals surface area (Å²) in [6.07, 6.45) is 1.84. The lowest BCUT2D eigenvalue weighted by Crippen LogP contribution is -2.38. The summed E-state index contributed by atoms with van der Waals surface area (Å²) in [5, 5.41) is 0. The quantitative estimate of drug-likeness (QED) is 0.730. The van der Waals surface area contributed by atoms with Gasteiger partial charge in [0.05, 0.1) is 24.5 Å². The summed E-state index contributed by atoms with van der Waals surface area (Å²) in [5.41, 5.74) is 2.43. The summed E-state index contributed by atoms with van der Waals surface area (Å²) in [6, 6.07) is 15.1. The molecule has 0 aliphatic carbocycles. The average Bonchev–Trinajstić information content (AvgIpc) is 2.55. The molecule has 0 fully saturated rings. The first-order chi connectivity index (χ1) is 11.2. The van der Waals surface area contributed by atoms with Gasteiger partial charge in [-0.15, -0.1) is 0 Å². The molecule has 5 heteroatoms. The van der Waals surface area contributed by atoms with Gasteiger partial charge in [0, 0.05) is 12.3 Å². The van der Waals surface area contributed by atoms with Gasteiger partial charge >= 0.3 is 0 Å². The number of pyridine rings is 1. The van der Waals surface area contributed by atoms with Crippen LogP contribution in [0.2, 0.25) is 0 Å². The number of para-hydroxylation sites is 2. The number of anilines is 1. The van der Waals surface area contributed by atoms with Crippen LogP contribution in [-0.4, -0.2) is 22.0 Å². The Morgan fingerprint density at radius 1 is 1.22 bits per heavy atom. The highest BCUT2D eigenvalue weighted by molar-refractivity contribution is 5.60. The monoisotopic (exact) mass is 307 g/mol. The van der Waals surface area contributed by atoms with E-state index in [1.165, 1.54) is 0 Å². The second-order valence-corrected chi connectivity index (χ2v) is 5.79. The van der Waals surface area contributed by atoms with Crippen LogP contribution in [0.15, 0.2) is 59.5 Å². The first-order valence-electron chi connectivity index (χ1n) is 7.69. The molecule has 1 aliphatic rings. The number of benzene rings is 1. The highest BCUT2D eigenvalue weighted by atomic mass is 16.5. The molecule has 0 unspecified atom stereocenters. The molecule has 0 radical (unpaired) electrons. The van der Waals surface area contributed by atoms with Crippen molar-refractivity contribution in [1.29, 1.82) is 0 Å². The third kappa shape index (κ3) is 2.54. The van der Waals surface area contributed by atoms with Crippen LogP contribution in [0.25, 0.3) is 5.65 Å². The van der Waals surface area contributed by atoms with Crippen LogP contribution in [0.3, 0.4) is 0 Å². The summed E-state index contributed by atoms with van der Waals surface area (Å²) in [6.45, 7) is 3.41. The van der Waals surface area contributed by atoms with Crippen LogP contribution in [-0.2, 0) is 6.54 Å². The van der Waals surface area contributed by atoms with Gasteiger partial charge in [-0.05, 0) is 31.2 Å². The molecule has 0 amide bonds. The van der Waals surface area contributed by atoms with Crippen LogP contribution in [0.5, 0.6) is 5.75 Å². The molecular weight excluding hydrogens is 290 g/mol. The van der Waals surface area contributed by atoms with Crippen molar-refractivity contribution in [3.8, 4) is 5.75 Å². The van der Waals surface area contributed by atoms with Crippen molar-refractivity contribution in [2.75, 3.05) is 11.4 Å². The number of nitrogens with zero attached hydrogens (tertiary/aromatic N) is 3. The molecule has 0 bridgehead atoms. The van der Waals surface area contributed by atoms with E-state index in [0.717, 1.165) is 23.7 Å². The molecule has 1 atom stereocenters. The van der Waals surface area contributed by atoms with Gasteiger partial charge in [0.15, 0.2) is 0 Å². The molecule has 4 rings (SSSR count). The predicted molar refractivity (Wildman–Crippen MR) is 89.0 cm³/mol. The van der Waals surface area contributed by atoms with Crippen molar-refractivity contribution in [3.63, 3.8) is 0 Å². The standard InChI is InChI=1S/C18H17N3O2/c1-13-11-20(15-6-2-3-7-16(15)23-13)12-14-10-18(22)21-9-5-4-8-17(21)19-14/h2-10,13H,11-12H2,1H3/t13-/m0/s1. The van der Waals surface area contributed by atoms with Crippen molar-refractivity contribution in [2.45, 2.75) is 19.6 Å². The minimum absolute atomic E-state index is 0.0554. The molecule has 23 heavy (non-hydrogen) atoms. The molecule has 116 valence electrons. The molecule has 5 nitrogen and oxygen atoms in total. The molecule has 0 spiro atoms. The first kappa shape index (κ1) is 13.8. The Kier molecular flexibility index (Phi) is 3.26. The van der Waals surface area contributed by atoms with Crippen LogP contribution >= 0.6 is 0 Å². The minimum atomic E-state index is -0.0554. The summed E-state index contributed by atoms with van der Waals surface area (Å²) in [5.74, 6) is 0.878. The fourth-order valence-electron chi connectivity index (χ4n) is 3.01. The number of rotatable bonds is 2. The van der Waals surface area contributed by atoms with E-state index in [4.69, 9.17) is 4.74 Å². The fraction of sp³-hybridized carbons (Fsp3) is 0.222.